The molecule has 0 fully saturated rings. The Balaban J connectivity index is 2.55. The van der Waals surface area contributed by atoms with Crippen molar-refractivity contribution in [1.29, 1.82) is 5.26 Å². The van der Waals surface area contributed by atoms with Gasteiger partial charge in [-0.2, -0.15) is 18.4 Å². The predicted molar refractivity (Wildman–Crippen MR) is 70.5 cm³/mol. The Morgan fingerprint density at radius 3 is 2.70 bits per heavy atom. The predicted octanol–water partition coefficient (Wildman–Crippen LogP) is 3.98. The average Bonchev–Trinajstić information content (AvgIpc) is 2.40. The van der Waals surface area contributed by atoms with E-state index in [2.05, 4.69) is 11.4 Å². The normalized spacial score (nSPS) is 12.6. The molecule has 110 valence electrons. The second kappa shape index (κ2) is 7.63. The van der Waals surface area contributed by atoms with Crippen molar-refractivity contribution < 1.29 is 17.9 Å². The van der Waals surface area contributed by atoms with Crippen LogP contribution in [0, 0.1) is 17.2 Å². The Morgan fingerprint density at radius 2 is 2.05 bits per heavy atom. The van der Waals surface area contributed by atoms with Gasteiger partial charge in [0.05, 0.1) is 11.8 Å². The Kier molecular flexibility index (Phi) is 6.16. The number of rotatable bonds is 7. The SMILES string of the molecule is C[C@H](CCC#N)CNc1ccccc1OCC(F)(F)F. The maximum Gasteiger partial charge on any atom is 0.422 e. The van der Waals surface area contributed by atoms with E-state index in [1.54, 1.807) is 18.2 Å². The van der Waals surface area contributed by atoms with Crippen LogP contribution in [0.1, 0.15) is 19.8 Å². The van der Waals surface area contributed by atoms with Gasteiger partial charge in [-0.25, -0.2) is 0 Å². The number of benzene rings is 1. The van der Waals surface area contributed by atoms with Gasteiger partial charge < -0.3 is 10.1 Å². The molecule has 0 aliphatic rings. The molecule has 1 N–H and O–H groups in total. The molecular weight excluding hydrogens is 269 g/mol. The first-order valence-corrected chi connectivity index (χ1v) is 6.32. The van der Waals surface area contributed by atoms with Gasteiger partial charge >= 0.3 is 6.18 Å². The molecule has 1 atom stereocenters. The van der Waals surface area contributed by atoms with Gasteiger partial charge in [0.15, 0.2) is 6.61 Å². The molecule has 6 heteroatoms. The molecule has 0 amide bonds. The number of ether oxygens (including phenoxy) is 1. The van der Waals surface area contributed by atoms with Crippen LogP contribution in [-0.4, -0.2) is 19.3 Å². The summed E-state index contributed by atoms with van der Waals surface area (Å²) in [6.45, 7) is 1.24. The molecule has 0 aromatic heterocycles. The molecule has 0 spiro atoms. The molecule has 1 aromatic rings. The van der Waals surface area contributed by atoms with Crippen LogP contribution < -0.4 is 10.1 Å². The summed E-state index contributed by atoms with van der Waals surface area (Å²) in [4.78, 5) is 0. The molecule has 0 saturated carbocycles. The summed E-state index contributed by atoms with van der Waals surface area (Å²) >= 11 is 0. The number of anilines is 1. The fourth-order valence-electron chi connectivity index (χ4n) is 1.60. The molecule has 20 heavy (non-hydrogen) atoms. The van der Waals surface area contributed by atoms with Crippen LogP contribution in [0.2, 0.25) is 0 Å². The van der Waals surface area contributed by atoms with Crippen molar-refractivity contribution >= 4 is 5.69 Å². The number of para-hydroxylation sites is 2. The zero-order valence-corrected chi connectivity index (χ0v) is 11.2. The highest BCUT2D eigenvalue weighted by Gasteiger charge is 2.28. The summed E-state index contributed by atoms with van der Waals surface area (Å²) in [6, 6.07) is 8.58. The van der Waals surface area contributed by atoms with E-state index in [4.69, 9.17) is 10.00 Å². The third-order valence-electron chi connectivity index (χ3n) is 2.67. The average molecular weight is 286 g/mol. The quantitative estimate of drug-likeness (QED) is 0.824. The summed E-state index contributed by atoms with van der Waals surface area (Å²) in [5, 5.41) is 11.6. The third-order valence-corrected chi connectivity index (χ3v) is 2.67. The highest BCUT2D eigenvalue weighted by molar-refractivity contribution is 5.56. The minimum absolute atomic E-state index is 0.178. The van der Waals surface area contributed by atoms with Crippen molar-refractivity contribution in [3.63, 3.8) is 0 Å². The molecule has 1 rings (SSSR count). The van der Waals surface area contributed by atoms with Gasteiger partial charge in [-0.3, -0.25) is 0 Å². The van der Waals surface area contributed by atoms with E-state index < -0.39 is 12.8 Å². The standard InChI is InChI=1S/C14H17F3N2O/c1-11(5-4-8-18)9-19-12-6-2-3-7-13(12)20-10-14(15,16)17/h2-3,6-7,11,19H,4-5,9-10H2,1H3/t11-/m1/s1. The highest BCUT2D eigenvalue weighted by Crippen LogP contribution is 2.26. The number of hydrogen-bond donors (Lipinski definition) is 1. The monoisotopic (exact) mass is 286 g/mol. The number of alkyl halides is 3. The number of nitrogens with one attached hydrogen (secondary N) is 1. The summed E-state index contributed by atoms with van der Waals surface area (Å²) in [7, 11) is 0. The lowest BCUT2D eigenvalue weighted by atomic mass is 10.1. The van der Waals surface area contributed by atoms with Gasteiger partial charge in [-0.15, -0.1) is 0 Å². The van der Waals surface area contributed by atoms with E-state index in [0.29, 0.717) is 18.7 Å². The van der Waals surface area contributed by atoms with Crippen molar-refractivity contribution in [3.05, 3.63) is 24.3 Å². The topological polar surface area (TPSA) is 45.0 Å². The van der Waals surface area contributed by atoms with E-state index in [-0.39, 0.29) is 11.7 Å². The van der Waals surface area contributed by atoms with Gasteiger partial charge in [-0.1, -0.05) is 19.1 Å². The minimum Gasteiger partial charge on any atom is -0.482 e. The molecule has 0 aliphatic heterocycles. The summed E-state index contributed by atoms with van der Waals surface area (Å²) in [5.74, 6) is 0.433. The first-order valence-electron chi connectivity index (χ1n) is 6.32. The number of hydrogen-bond acceptors (Lipinski definition) is 3. The molecule has 0 bridgehead atoms. The van der Waals surface area contributed by atoms with Gasteiger partial charge in [0.1, 0.15) is 5.75 Å². The van der Waals surface area contributed by atoms with Crippen molar-refractivity contribution in [2.45, 2.75) is 25.9 Å². The van der Waals surface area contributed by atoms with Crippen LogP contribution in [0.3, 0.4) is 0 Å². The van der Waals surface area contributed by atoms with Crippen molar-refractivity contribution in [3.8, 4) is 11.8 Å². The molecule has 0 unspecified atom stereocenters. The number of nitriles is 1. The van der Waals surface area contributed by atoms with Crippen molar-refractivity contribution in [2.75, 3.05) is 18.5 Å². The molecule has 0 aliphatic carbocycles. The lowest BCUT2D eigenvalue weighted by molar-refractivity contribution is -0.153. The van der Waals surface area contributed by atoms with Gasteiger partial charge in [0, 0.05) is 13.0 Å². The molecule has 0 heterocycles. The Labute approximate surface area is 116 Å². The summed E-state index contributed by atoms with van der Waals surface area (Å²) in [6.07, 6.45) is -3.14. The molecule has 0 radical (unpaired) electrons. The van der Waals surface area contributed by atoms with E-state index in [9.17, 15) is 13.2 Å². The fraction of sp³-hybridized carbons (Fsp3) is 0.500. The first kappa shape index (κ1) is 16.2. The maximum atomic E-state index is 12.2. The Morgan fingerprint density at radius 1 is 1.35 bits per heavy atom. The zero-order valence-electron chi connectivity index (χ0n) is 11.2. The lowest BCUT2D eigenvalue weighted by Crippen LogP contribution is -2.20. The zero-order chi connectivity index (χ0) is 15.0. The van der Waals surface area contributed by atoms with E-state index in [1.807, 2.05) is 6.92 Å². The highest BCUT2D eigenvalue weighted by atomic mass is 19.4. The molecule has 3 nitrogen and oxygen atoms in total. The third kappa shape index (κ3) is 6.32. The van der Waals surface area contributed by atoms with Gasteiger partial charge in [0.25, 0.3) is 0 Å². The van der Waals surface area contributed by atoms with E-state index >= 15 is 0 Å². The van der Waals surface area contributed by atoms with Crippen LogP contribution in [0.15, 0.2) is 24.3 Å². The second-order valence-corrected chi connectivity index (χ2v) is 4.58. The second-order valence-electron chi connectivity index (χ2n) is 4.58. The van der Waals surface area contributed by atoms with Crippen LogP contribution in [0.5, 0.6) is 5.75 Å². The molecule has 1 aromatic carbocycles. The van der Waals surface area contributed by atoms with Crippen LogP contribution in [0.4, 0.5) is 18.9 Å². The van der Waals surface area contributed by atoms with E-state index in [0.717, 1.165) is 6.42 Å². The lowest BCUT2D eigenvalue weighted by Gasteiger charge is -2.16. The van der Waals surface area contributed by atoms with Gasteiger partial charge in [0.2, 0.25) is 0 Å². The molecule has 0 saturated heterocycles. The van der Waals surface area contributed by atoms with Crippen LogP contribution in [0.25, 0.3) is 0 Å². The minimum atomic E-state index is -4.35. The summed E-state index contributed by atoms with van der Waals surface area (Å²) in [5.41, 5.74) is 0.528. The maximum absolute atomic E-state index is 12.2. The van der Waals surface area contributed by atoms with Gasteiger partial charge in [-0.05, 0) is 24.5 Å². The van der Waals surface area contributed by atoms with Crippen LogP contribution in [-0.2, 0) is 0 Å². The van der Waals surface area contributed by atoms with Crippen molar-refractivity contribution in [1.82, 2.24) is 0 Å². The molecular formula is C14H17F3N2O. The van der Waals surface area contributed by atoms with Crippen molar-refractivity contribution in [2.24, 2.45) is 5.92 Å². The Hall–Kier alpha value is -1.90. The number of halogens is 3. The largest absolute Gasteiger partial charge is 0.482 e. The fourth-order valence-corrected chi connectivity index (χ4v) is 1.60. The Bertz CT molecular complexity index is 454. The van der Waals surface area contributed by atoms with E-state index in [1.165, 1.54) is 6.07 Å². The number of nitrogens with zero attached hydrogens (tertiary/aromatic N) is 1. The van der Waals surface area contributed by atoms with Crippen LogP contribution >= 0.6 is 0 Å². The summed E-state index contributed by atoms with van der Waals surface area (Å²) < 4.78 is 41.2. The smallest absolute Gasteiger partial charge is 0.422 e. The first-order chi connectivity index (χ1) is 9.42.